The van der Waals surface area contributed by atoms with Crippen molar-refractivity contribution in [1.29, 1.82) is 0 Å². The van der Waals surface area contributed by atoms with Crippen LogP contribution in [0.25, 0.3) is 0 Å². The third-order valence-corrected chi connectivity index (χ3v) is 2.49. The topological polar surface area (TPSA) is 90.9 Å². The van der Waals surface area contributed by atoms with E-state index < -0.39 is 24.1 Å². The molecule has 0 aromatic carbocycles. The van der Waals surface area contributed by atoms with Gasteiger partial charge in [0.25, 0.3) is 0 Å². The summed E-state index contributed by atoms with van der Waals surface area (Å²) in [6.45, 7) is 3.05. The first-order valence-electron chi connectivity index (χ1n) is 6.16. The van der Waals surface area contributed by atoms with Gasteiger partial charge in [0, 0.05) is 14.0 Å². The highest BCUT2D eigenvalue weighted by atomic mass is 32.1. The van der Waals surface area contributed by atoms with Crippen LogP contribution in [0.2, 0.25) is 0 Å². The summed E-state index contributed by atoms with van der Waals surface area (Å²) in [5.74, 6) is -1.32. The standard InChI is InChI=1S/C12H21NO6S/c1-8(11(15)18-6-5-17-3)19-12(16)10(4-7-20)13-9(2)14/h8,10,20H,4-7H2,1-3H3,(H,13,14). The van der Waals surface area contributed by atoms with Crippen LogP contribution in [0.3, 0.4) is 0 Å². The maximum Gasteiger partial charge on any atom is 0.347 e. The molecule has 1 amide bonds. The van der Waals surface area contributed by atoms with E-state index in [9.17, 15) is 14.4 Å². The van der Waals surface area contributed by atoms with Gasteiger partial charge in [0.15, 0.2) is 6.10 Å². The number of ether oxygens (including phenoxy) is 3. The first-order valence-corrected chi connectivity index (χ1v) is 6.79. The molecule has 0 aromatic rings. The molecule has 2 atom stereocenters. The molecule has 1 N–H and O–H groups in total. The molecule has 8 heteroatoms. The Labute approximate surface area is 123 Å². The number of esters is 2. The van der Waals surface area contributed by atoms with Crippen molar-refractivity contribution >= 4 is 30.5 Å². The summed E-state index contributed by atoms with van der Waals surface area (Å²) < 4.78 is 14.5. The normalized spacial score (nSPS) is 13.2. The van der Waals surface area contributed by atoms with E-state index in [1.807, 2.05) is 0 Å². The fourth-order valence-electron chi connectivity index (χ4n) is 1.27. The number of carbonyl (C=O) groups is 3. The third-order valence-electron chi connectivity index (χ3n) is 2.24. The summed E-state index contributed by atoms with van der Waals surface area (Å²) in [6.07, 6.45) is -0.733. The monoisotopic (exact) mass is 307 g/mol. The van der Waals surface area contributed by atoms with Crippen molar-refractivity contribution in [2.45, 2.75) is 32.4 Å². The van der Waals surface area contributed by atoms with Crippen LogP contribution in [0, 0.1) is 0 Å². The number of methoxy groups -OCH3 is 1. The van der Waals surface area contributed by atoms with Gasteiger partial charge in [0.05, 0.1) is 6.61 Å². The highest BCUT2D eigenvalue weighted by molar-refractivity contribution is 7.80. The molecule has 0 saturated heterocycles. The molecule has 0 spiro atoms. The molecular formula is C12H21NO6S. The zero-order chi connectivity index (χ0) is 15.5. The van der Waals surface area contributed by atoms with Crippen LogP contribution in [0.1, 0.15) is 20.3 Å². The van der Waals surface area contributed by atoms with Crippen LogP contribution >= 0.6 is 12.6 Å². The molecule has 0 aliphatic carbocycles. The minimum Gasteiger partial charge on any atom is -0.461 e. The number of amides is 1. The molecule has 2 unspecified atom stereocenters. The summed E-state index contributed by atoms with van der Waals surface area (Å²) in [5, 5.41) is 2.44. The molecule has 116 valence electrons. The second-order valence-electron chi connectivity index (χ2n) is 4.00. The summed E-state index contributed by atoms with van der Waals surface area (Å²) in [4.78, 5) is 34.3. The van der Waals surface area contributed by atoms with Crippen molar-refractivity contribution in [1.82, 2.24) is 5.32 Å². The van der Waals surface area contributed by atoms with Gasteiger partial charge in [0.2, 0.25) is 5.91 Å². The molecule has 0 saturated carbocycles. The smallest absolute Gasteiger partial charge is 0.347 e. The quantitative estimate of drug-likeness (QED) is 0.352. The Bertz CT molecular complexity index is 336. The SMILES string of the molecule is COCCOC(=O)C(C)OC(=O)C(CCS)NC(C)=O. The molecule has 7 nitrogen and oxygen atoms in total. The zero-order valence-corrected chi connectivity index (χ0v) is 12.8. The fourth-order valence-corrected chi connectivity index (χ4v) is 1.53. The minimum absolute atomic E-state index is 0.0863. The van der Waals surface area contributed by atoms with Gasteiger partial charge < -0.3 is 19.5 Å². The van der Waals surface area contributed by atoms with Crippen LogP contribution in [0.4, 0.5) is 0 Å². The van der Waals surface area contributed by atoms with E-state index in [4.69, 9.17) is 14.2 Å². The van der Waals surface area contributed by atoms with Gasteiger partial charge >= 0.3 is 11.9 Å². The molecule has 0 rings (SSSR count). The summed E-state index contributed by atoms with van der Waals surface area (Å²) in [6, 6.07) is -0.820. The molecule has 20 heavy (non-hydrogen) atoms. The van der Waals surface area contributed by atoms with E-state index in [-0.39, 0.29) is 19.1 Å². The molecule has 0 radical (unpaired) electrons. The number of rotatable bonds is 9. The average Bonchev–Trinajstić information content (AvgIpc) is 2.37. The number of carbonyl (C=O) groups excluding carboxylic acids is 3. The molecule has 0 aliphatic heterocycles. The number of nitrogens with one attached hydrogen (secondary N) is 1. The van der Waals surface area contributed by atoms with E-state index in [1.54, 1.807) is 0 Å². The van der Waals surface area contributed by atoms with Crippen molar-refractivity contribution < 1.29 is 28.6 Å². The maximum absolute atomic E-state index is 11.8. The van der Waals surface area contributed by atoms with Crippen LogP contribution in [0.5, 0.6) is 0 Å². The lowest BCUT2D eigenvalue weighted by Crippen LogP contribution is -2.43. The van der Waals surface area contributed by atoms with Crippen LogP contribution in [-0.4, -0.2) is 56.1 Å². The highest BCUT2D eigenvalue weighted by Gasteiger charge is 2.25. The Morgan fingerprint density at radius 2 is 1.85 bits per heavy atom. The molecule has 0 heterocycles. The predicted molar refractivity (Wildman–Crippen MR) is 74.5 cm³/mol. The van der Waals surface area contributed by atoms with Crippen LogP contribution < -0.4 is 5.32 Å². The van der Waals surface area contributed by atoms with Crippen molar-refractivity contribution in [2.24, 2.45) is 0 Å². The van der Waals surface area contributed by atoms with Crippen LogP contribution in [-0.2, 0) is 28.6 Å². The second-order valence-corrected chi connectivity index (χ2v) is 4.45. The van der Waals surface area contributed by atoms with Crippen molar-refractivity contribution in [3.05, 3.63) is 0 Å². The van der Waals surface area contributed by atoms with Crippen molar-refractivity contribution in [2.75, 3.05) is 26.1 Å². The van der Waals surface area contributed by atoms with Crippen molar-refractivity contribution in [3.63, 3.8) is 0 Å². The van der Waals surface area contributed by atoms with E-state index in [0.29, 0.717) is 12.2 Å². The van der Waals surface area contributed by atoms with Gasteiger partial charge in [-0.3, -0.25) is 4.79 Å². The first-order chi connectivity index (χ1) is 9.42. The Kier molecular flexibility index (Phi) is 9.83. The lowest BCUT2D eigenvalue weighted by atomic mass is 10.2. The summed E-state index contributed by atoms with van der Waals surface area (Å²) in [7, 11) is 1.48. The Morgan fingerprint density at radius 1 is 1.20 bits per heavy atom. The number of thiol groups is 1. The van der Waals surface area contributed by atoms with E-state index in [1.165, 1.54) is 21.0 Å². The van der Waals surface area contributed by atoms with E-state index in [0.717, 1.165) is 0 Å². The summed E-state index contributed by atoms with van der Waals surface area (Å²) in [5.41, 5.74) is 0. The lowest BCUT2D eigenvalue weighted by molar-refractivity contribution is -0.168. The van der Waals surface area contributed by atoms with E-state index in [2.05, 4.69) is 17.9 Å². The van der Waals surface area contributed by atoms with Gasteiger partial charge in [-0.15, -0.1) is 0 Å². The maximum atomic E-state index is 11.8. The molecule has 0 aliphatic rings. The fraction of sp³-hybridized carbons (Fsp3) is 0.750. The predicted octanol–water partition coefficient (Wildman–Crippen LogP) is -0.0677. The number of hydrogen-bond acceptors (Lipinski definition) is 7. The second kappa shape index (κ2) is 10.5. The van der Waals surface area contributed by atoms with Crippen molar-refractivity contribution in [3.8, 4) is 0 Å². The van der Waals surface area contributed by atoms with Gasteiger partial charge in [-0.2, -0.15) is 12.6 Å². The average molecular weight is 307 g/mol. The van der Waals surface area contributed by atoms with Crippen LogP contribution in [0.15, 0.2) is 0 Å². The molecule has 0 bridgehead atoms. The Balaban J connectivity index is 4.31. The van der Waals surface area contributed by atoms with Gasteiger partial charge in [-0.1, -0.05) is 0 Å². The highest BCUT2D eigenvalue weighted by Crippen LogP contribution is 2.03. The van der Waals surface area contributed by atoms with E-state index >= 15 is 0 Å². The number of hydrogen-bond donors (Lipinski definition) is 2. The van der Waals surface area contributed by atoms with Gasteiger partial charge in [0.1, 0.15) is 12.6 Å². The van der Waals surface area contributed by atoms with Gasteiger partial charge in [-0.25, -0.2) is 9.59 Å². The first kappa shape index (κ1) is 18.7. The third kappa shape index (κ3) is 8.00. The Hall–Kier alpha value is -1.28. The largest absolute Gasteiger partial charge is 0.461 e. The summed E-state index contributed by atoms with van der Waals surface area (Å²) >= 11 is 4.00. The van der Waals surface area contributed by atoms with Gasteiger partial charge in [-0.05, 0) is 19.1 Å². The minimum atomic E-state index is -1.05. The zero-order valence-electron chi connectivity index (χ0n) is 11.9. The molecule has 0 fully saturated rings. The lowest BCUT2D eigenvalue weighted by Gasteiger charge is -2.18. The molecule has 0 aromatic heterocycles. The Morgan fingerprint density at radius 3 is 2.35 bits per heavy atom. The molecular weight excluding hydrogens is 286 g/mol.